The standard InChI is InChI=1S/C13H19IO2/c1-5-13(2,3)11-7-6-10(8-12(11)14)16-9-15-4/h6-8H,5,9H2,1-4H3. The number of benzene rings is 1. The molecule has 0 heterocycles. The molecule has 0 saturated carbocycles. The Kier molecular flexibility index (Phi) is 5.05. The summed E-state index contributed by atoms with van der Waals surface area (Å²) >= 11 is 2.37. The molecule has 2 nitrogen and oxygen atoms in total. The number of halogens is 1. The van der Waals surface area contributed by atoms with Crippen molar-refractivity contribution in [3.8, 4) is 5.75 Å². The van der Waals surface area contributed by atoms with Crippen molar-refractivity contribution in [3.63, 3.8) is 0 Å². The summed E-state index contributed by atoms with van der Waals surface area (Å²) in [4.78, 5) is 0. The molecule has 16 heavy (non-hydrogen) atoms. The minimum absolute atomic E-state index is 0.219. The predicted octanol–water partition coefficient (Wildman–Crippen LogP) is 3.96. The van der Waals surface area contributed by atoms with Crippen molar-refractivity contribution in [2.75, 3.05) is 13.9 Å². The number of ether oxygens (including phenoxy) is 2. The summed E-state index contributed by atoms with van der Waals surface area (Å²) in [6, 6.07) is 6.22. The quantitative estimate of drug-likeness (QED) is 0.599. The number of rotatable bonds is 5. The summed E-state index contributed by atoms with van der Waals surface area (Å²) in [5.41, 5.74) is 1.59. The van der Waals surface area contributed by atoms with E-state index in [2.05, 4.69) is 55.5 Å². The van der Waals surface area contributed by atoms with Crippen LogP contribution in [0.1, 0.15) is 32.8 Å². The van der Waals surface area contributed by atoms with E-state index in [9.17, 15) is 0 Å². The summed E-state index contributed by atoms with van der Waals surface area (Å²) in [6.45, 7) is 7.04. The van der Waals surface area contributed by atoms with Crippen molar-refractivity contribution in [2.24, 2.45) is 0 Å². The monoisotopic (exact) mass is 334 g/mol. The Morgan fingerprint density at radius 2 is 2.00 bits per heavy atom. The van der Waals surface area contributed by atoms with Gasteiger partial charge in [-0.05, 0) is 52.1 Å². The molecule has 0 aliphatic rings. The Balaban J connectivity index is 2.91. The van der Waals surface area contributed by atoms with Crippen LogP contribution >= 0.6 is 22.6 Å². The van der Waals surface area contributed by atoms with Gasteiger partial charge in [-0.2, -0.15) is 0 Å². The molecule has 0 radical (unpaired) electrons. The molecule has 0 aromatic heterocycles. The van der Waals surface area contributed by atoms with Gasteiger partial charge in [0.2, 0.25) is 0 Å². The highest BCUT2D eigenvalue weighted by molar-refractivity contribution is 14.1. The first-order valence-corrected chi connectivity index (χ1v) is 6.51. The molecule has 0 bridgehead atoms. The van der Waals surface area contributed by atoms with E-state index >= 15 is 0 Å². The molecule has 0 aliphatic carbocycles. The molecule has 1 aromatic rings. The van der Waals surface area contributed by atoms with E-state index in [1.165, 1.54) is 9.13 Å². The van der Waals surface area contributed by atoms with Gasteiger partial charge >= 0.3 is 0 Å². The second kappa shape index (κ2) is 5.87. The van der Waals surface area contributed by atoms with Crippen LogP contribution in [-0.2, 0) is 10.2 Å². The fourth-order valence-corrected chi connectivity index (χ4v) is 2.67. The lowest BCUT2D eigenvalue weighted by molar-refractivity contribution is 0.0510. The van der Waals surface area contributed by atoms with Gasteiger partial charge in [0.1, 0.15) is 5.75 Å². The Hall–Kier alpha value is -0.290. The van der Waals surface area contributed by atoms with Gasteiger partial charge in [0, 0.05) is 10.7 Å². The number of methoxy groups -OCH3 is 1. The summed E-state index contributed by atoms with van der Waals surface area (Å²) in [6.07, 6.45) is 1.13. The molecule has 0 spiro atoms. The summed E-state index contributed by atoms with van der Waals surface area (Å²) in [5.74, 6) is 0.863. The van der Waals surface area contributed by atoms with E-state index in [0.29, 0.717) is 6.79 Å². The third-order valence-electron chi connectivity index (χ3n) is 2.90. The fourth-order valence-electron chi connectivity index (χ4n) is 1.45. The third kappa shape index (κ3) is 3.35. The molecule has 0 amide bonds. The summed E-state index contributed by atoms with van der Waals surface area (Å²) < 4.78 is 11.5. The van der Waals surface area contributed by atoms with E-state index < -0.39 is 0 Å². The first-order valence-electron chi connectivity index (χ1n) is 5.43. The molecule has 0 fully saturated rings. The van der Waals surface area contributed by atoms with Gasteiger partial charge in [-0.25, -0.2) is 0 Å². The van der Waals surface area contributed by atoms with Crippen LogP contribution in [0, 0.1) is 3.57 Å². The summed E-state index contributed by atoms with van der Waals surface area (Å²) in [5, 5.41) is 0. The topological polar surface area (TPSA) is 18.5 Å². The molecule has 0 aliphatic heterocycles. The van der Waals surface area contributed by atoms with Crippen molar-refractivity contribution in [2.45, 2.75) is 32.6 Å². The maximum absolute atomic E-state index is 5.41. The molecule has 90 valence electrons. The first kappa shape index (κ1) is 13.8. The summed E-state index contributed by atoms with van der Waals surface area (Å²) in [7, 11) is 1.62. The number of hydrogen-bond donors (Lipinski definition) is 0. The molecule has 1 aromatic carbocycles. The van der Waals surface area contributed by atoms with Gasteiger partial charge in [-0.1, -0.05) is 26.8 Å². The van der Waals surface area contributed by atoms with Crippen molar-refractivity contribution in [1.82, 2.24) is 0 Å². The zero-order valence-corrected chi connectivity index (χ0v) is 12.5. The van der Waals surface area contributed by atoms with E-state index in [-0.39, 0.29) is 5.41 Å². The second-order valence-corrected chi connectivity index (χ2v) is 5.59. The molecular formula is C13H19IO2. The van der Waals surface area contributed by atoms with Crippen molar-refractivity contribution < 1.29 is 9.47 Å². The maximum atomic E-state index is 5.41. The van der Waals surface area contributed by atoms with Crippen LogP contribution in [0.25, 0.3) is 0 Å². The highest BCUT2D eigenvalue weighted by Gasteiger charge is 2.20. The lowest BCUT2D eigenvalue weighted by Gasteiger charge is -2.25. The van der Waals surface area contributed by atoms with Crippen LogP contribution in [0.5, 0.6) is 5.75 Å². The average molecular weight is 334 g/mol. The Labute approximate surface area is 111 Å². The fraction of sp³-hybridized carbons (Fsp3) is 0.538. The Bertz CT molecular complexity index is 348. The normalized spacial score (nSPS) is 11.6. The van der Waals surface area contributed by atoms with Crippen molar-refractivity contribution in [1.29, 1.82) is 0 Å². The van der Waals surface area contributed by atoms with Crippen LogP contribution < -0.4 is 4.74 Å². The van der Waals surface area contributed by atoms with E-state index in [4.69, 9.17) is 9.47 Å². The van der Waals surface area contributed by atoms with Gasteiger partial charge in [-0.3, -0.25) is 0 Å². The van der Waals surface area contributed by atoms with Crippen molar-refractivity contribution >= 4 is 22.6 Å². The Morgan fingerprint density at radius 3 is 2.50 bits per heavy atom. The first-order chi connectivity index (χ1) is 7.51. The van der Waals surface area contributed by atoms with Crippen LogP contribution in [0.3, 0.4) is 0 Å². The van der Waals surface area contributed by atoms with Crippen LogP contribution in [0.15, 0.2) is 18.2 Å². The van der Waals surface area contributed by atoms with Gasteiger partial charge in [0.15, 0.2) is 6.79 Å². The highest BCUT2D eigenvalue weighted by Crippen LogP contribution is 2.32. The smallest absolute Gasteiger partial charge is 0.188 e. The molecular weight excluding hydrogens is 315 g/mol. The third-order valence-corrected chi connectivity index (χ3v) is 3.79. The largest absolute Gasteiger partial charge is 0.468 e. The zero-order chi connectivity index (χ0) is 12.2. The molecule has 0 saturated heterocycles. The molecule has 0 N–H and O–H groups in total. The van der Waals surface area contributed by atoms with E-state index in [1.807, 2.05) is 6.07 Å². The average Bonchev–Trinajstić information content (AvgIpc) is 2.26. The minimum atomic E-state index is 0.219. The van der Waals surface area contributed by atoms with E-state index in [1.54, 1.807) is 7.11 Å². The van der Waals surface area contributed by atoms with Gasteiger partial charge < -0.3 is 9.47 Å². The molecule has 3 heteroatoms. The second-order valence-electron chi connectivity index (χ2n) is 4.43. The molecule has 1 rings (SSSR count). The van der Waals surface area contributed by atoms with Crippen LogP contribution in [-0.4, -0.2) is 13.9 Å². The van der Waals surface area contributed by atoms with Gasteiger partial charge in [-0.15, -0.1) is 0 Å². The lowest BCUT2D eigenvalue weighted by atomic mass is 9.82. The van der Waals surface area contributed by atoms with Crippen molar-refractivity contribution in [3.05, 3.63) is 27.3 Å². The lowest BCUT2D eigenvalue weighted by Crippen LogP contribution is -2.17. The molecule has 0 atom stereocenters. The van der Waals surface area contributed by atoms with E-state index in [0.717, 1.165) is 12.2 Å². The molecule has 0 unspecified atom stereocenters. The van der Waals surface area contributed by atoms with Crippen LogP contribution in [0.4, 0.5) is 0 Å². The number of hydrogen-bond acceptors (Lipinski definition) is 2. The SMILES string of the molecule is CCC(C)(C)c1ccc(OCOC)cc1I. The van der Waals surface area contributed by atoms with Gasteiger partial charge in [0.25, 0.3) is 0 Å². The van der Waals surface area contributed by atoms with Gasteiger partial charge in [0.05, 0.1) is 0 Å². The minimum Gasteiger partial charge on any atom is -0.468 e. The van der Waals surface area contributed by atoms with Crippen LogP contribution in [0.2, 0.25) is 0 Å². The highest BCUT2D eigenvalue weighted by atomic mass is 127. The predicted molar refractivity (Wildman–Crippen MR) is 75.0 cm³/mol. The maximum Gasteiger partial charge on any atom is 0.188 e. The zero-order valence-electron chi connectivity index (χ0n) is 10.3. The Morgan fingerprint density at radius 1 is 1.31 bits per heavy atom.